The molecule has 338 valence electrons. The second kappa shape index (κ2) is 13.4. The van der Waals surface area contributed by atoms with Crippen molar-refractivity contribution < 1.29 is 4.74 Å². The highest BCUT2D eigenvalue weighted by molar-refractivity contribution is 6.93. The van der Waals surface area contributed by atoms with Gasteiger partial charge in [-0.1, -0.05) is 132 Å². The lowest BCUT2D eigenvalue weighted by Gasteiger charge is -2.43. The van der Waals surface area contributed by atoms with Crippen molar-refractivity contribution >= 4 is 78.8 Å². The van der Waals surface area contributed by atoms with Crippen molar-refractivity contribution in [1.82, 2.24) is 4.57 Å². The molecule has 2 aliphatic carbocycles. The Kier molecular flexibility index (Phi) is 7.75. The Hall–Kier alpha value is -7.50. The fourth-order valence-electron chi connectivity index (χ4n) is 13.7. The highest BCUT2D eigenvalue weighted by Gasteiger charge is 2.48. The lowest BCUT2D eigenvalue weighted by Crippen LogP contribution is -2.60. The third-order valence-corrected chi connectivity index (χ3v) is 17.5. The molecule has 4 nitrogen and oxygen atoms in total. The second-order valence-electron chi connectivity index (χ2n) is 22.9. The average Bonchev–Trinajstić information content (AvgIpc) is 3.80. The molecule has 9 aromatic carbocycles. The molecule has 0 spiro atoms. The fraction of sp³-hybridized carbons (Fsp3) is 0.200. The summed E-state index contributed by atoms with van der Waals surface area (Å²) in [6, 6.07) is 60.4. The predicted molar refractivity (Wildman–Crippen MR) is 294 cm³/mol. The van der Waals surface area contributed by atoms with Crippen molar-refractivity contribution in [2.75, 3.05) is 9.71 Å². The Labute approximate surface area is 410 Å². The van der Waals surface area contributed by atoms with E-state index >= 15 is 0 Å². The number of nitrogens with zero attached hydrogens (tertiary/aromatic N) is 3. The van der Waals surface area contributed by atoms with Crippen LogP contribution in [0.2, 0.25) is 0 Å². The lowest BCUT2D eigenvalue weighted by molar-refractivity contribution is 0.331. The van der Waals surface area contributed by atoms with Crippen molar-refractivity contribution in [2.45, 2.75) is 84.5 Å². The number of aryl methyl sites for hydroxylation is 2. The summed E-state index contributed by atoms with van der Waals surface area (Å²) in [6.07, 6.45) is 2.38. The molecule has 4 heterocycles. The van der Waals surface area contributed by atoms with Gasteiger partial charge in [-0.2, -0.15) is 0 Å². The molecule has 10 aromatic rings. The maximum absolute atomic E-state index is 6.73. The molecule has 0 unspecified atom stereocenters. The number of para-hydroxylation sites is 4. The van der Waals surface area contributed by atoms with Gasteiger partial charge in [0.25, 0.3) is 0 Å². The Balaban J connectivity index is 1.14. The molecule has 0 fully saturated rings. The van der Waals surface area contributed by atoms with E-state index in [4.69, 9.17) is 4.74 Å². The fourth-order valence-corrected chi connectivity index (χ4v) is 13.7. The Morgan fingerprint density at radius 1 is 0.486 bits per heavy atom. The van der Waals surface area contributed by atoms with Crippen molar-refractivity contribution in [3.63, 3.8) is 0 Å². The van der Waals surface area contributed by atoms with Crippen LogP contribution in [0.25, 0.3) is 60.5 Å². The van der Waals surface area contributed by atoms with Crippen LogP contribution in [-0.2, 0) is 16.2 Å². The van der Waals surface area contributed by atoms with Crippen LogP contribution >= 0.6 is 0 Å². The molecule has 5 aliphatic rings. The Bertz CT molecular complexity index is 3960. The van der Waals surface area contributed by atoms with Crippen molar-refractivity contribution in [1.29, 1.82) is 0 Å². The number of hydrogen-bond acceptors (Lipinski definition) is 3. The maximum atomic E-state index is 6.73. The van der Waals surface area contributed by atoms with Crippen LogP contribution in [0.4, 0.5) is 28.4 Å². The van der Waals surface area contributed by atoms with Crippen LogP contribution < -0.4 is 25.4 Å². The minimum Gasteiger partial charge on any atom is -0.453 e. The van der Waals surface area contributed by atoms with E-state index in [1.165, 1.54) is 129 Å². The van der Waals surface area contributed by atoms with E-state index in [2.05, 4.69) is 227 Å². The number of hydrogen-bond donors (Lipinski definition) is 0. The van der Waals surface area contributed by atoms with Gasteiger partial charge in [0.15, 0.2) is 11.5 Å². The normalized spacial score (nSPS) is 16.8. The molecule has 5 heteroatoms. The van der Waals surface area contributed by atoms with Crippen LogP contribution in [0.5, 0.6) is 11.5 Å². The third-order valence-electron chi connectivity index (χ3n) is 17.5. The third kappa shape index (κ3) is 5.17. The first-order chi connectivity index (χ1) is 33.8. The van der Waals surface area contributed by atoms with Crippen LogP contribution in [-0.4, -0.2) is 11.4 Å². The van der Waals surface area contributed by atoms with Gasteiger partial charge < -0.3 is 19.0 Å². The van der Waals surface area contributed by atoms with Crippen LogP contribution in [0, 0.1) is 13.8 Å². The summed E-state index contributed by atoms with van der Waals surface area (Å²) in [5.41, 5.74) is 25.8. The quantitative estimate of drug-likeness (QED) is 0.161. The first-order valence-electron chi connectivity index (χ1n) is 25.3. The summed E-state index contributed by atoms with van der Waals surface area (Å²) in [5.74, 6) is 1.70. The molecule has 0 bridgehead atoms. The lowest BCUT2D eigenvalue weighted by atomic mass is 9.43. The molecule has 1 aromatic heterocycles. The first-order valence-corrected chi connectivity index (χ1v) is 25.3. The summed E-state index contributed by atoms with van der Waals surface area (Å²) in [7, 11) is 0. The molecule has 15 rings (SSSR count). The van der Waals surface area contributed by atoms with Crippen LogP contribution in [0.15, 0.2) is 158 Å². The molecule has 3 aliphatic heterocycles. The molecule has 0 radical (unpaired) electrons. The molecule has 0 saturated heterocycles. The van der Waals surface area contributed by atoms with Crippen LogP contribution in [0.3, 0.4) is 0 Å². The standard InChI is InChI=1S/C65H54BN3O/c1-37-21-24-41(25-22-37)69-56-36-48-42(43-33-49-50(35-47(43)65(48,7)8)64(5,6)28-27-63(49,3)4)32-44(56)45-34-57(67-53-17-11-13-19-58(53)70-59-20-14-12-18-54(59)67)60-46-30-39-15-9-10-16-40(39)31-55(46)68-52-26-23-38(2)29-51(52)66(69)61(45)62(60)68/h9-26,29-36H,27-28H2,1-8H3. The van der Waals surface area contributed by atoms with Gasteiger partial charge in [-0.05, 0) is 177 Å². The van der Waals surface area contributed by atoms with Gasteiger partial charge in [0.05, 0.1) is 28.1 Å². The van der Waals surface area contributed by atoms with E-state index in [-0.39, 0.29) is 23.1 Å². The number of benzene rings is 9. The summed E-state index contributed by atoms with van der Waals surface area (Å²) >= 11 is 0. The van der Waals surface area contributed by atoms with Gasteiger partial charge in [0.1, 0.15) is 0 Å². The zero-order valence-corrected chi connectivity index (χ0v) is 41.3. The number of rotatable bonds is 2. The monoisotopic (exact) mass is 903 g/mol. The summed E-state index contributed by atoms with van der Waals surface area (Å²) < 4.78 is 9.36. The van der Waals surface area contributed by atoms with Gasteiger partial charge >= 0.3 is 6.85 Å². The van der Waals surface area contributed by atoms with Gasteiger partial charge in [0, 0.05) is 38.8 Å². The van der Waals surface area contributed by atoms with Crippen molar-refractivity contribution in [2.24, 2.45) is 0 Å². The number of ether oxygens (including phenoxy) is 1. The zero-order chi connectivity index (χ0) is 47.3. The number of fused-ring (bicyclic) bond motifs is 15. The summed E-state index contributed by atoms with van der Waals surface area (Å²) in [6.45, 7) is 19.2. The van der Waals surface area contributed by atoms with E-state index in [0.717, 1.165) is 28.6 Å². The van der Waals surface area contributed by atoms with E-state index in [1.807, 2.05) is 0 Å². The van der Waals surface area contributed by atoms with E-state index in [1.54, 1.807) is 0 Å². The van der Waals surface area contributed by atoms with Gasteiger partial charge in [-0.15, -0.1) is 0 Å². The van der Waals surface area contributed by atoms with Crippen LogP contribution in [0.1, 0.15) is 87.8 Å². The number of anilines is 5. The van der Waals surface area contributed by atoms with Crippen molar-refractivity contribution in [3.8, 4) is 39.4 Å². The van der Waals surface area contributed by atoms with Crippen molar-refractivity contribution in [3.05, 3.63) is 191 Å². The highest BCUT2D eigenvalue weighted by Crippen LogP contribution is 2.60. The first kappa shape index (κ1) is 40.4. The maximum Gasteiger partial charge on any atom is 0.333 e. The van der Waals surface area contributed by atoms with E-state index in [9.17, 15) is 0 Å². The largest absolute Gasteiger partial charge is 0.453 e. The summed E-state index contributed by atoms with van der Waals surface area (Å²) in [4.78, 5) is 5.21. The Morgan fingerprint density at radius 3 is 1.81 bits per heavy atom. The molecule has 0 amide bonds. The van der Waals surface area contributed by atoms with Gasteiger partial charge in [-0.3, -0.25) is 0 Å². The average molecular weight is 904 g/mol. The zero-order valence-electron chi connectivity index (χ0n) is 41.3. The molecule has 0 atom stereocenters. The SMILES string of the molecule is Cc1ccc(N2B3c4cc(C)ccc4-n4c5cc6ccccc6cc5c5c(N6c7ccccc7Oc7ccccc76)cc(c3c54)-c3cc4c(cc32)C(C)(C)c2cc3c(cc2-4)C(C)(C)CCC3(C)C)cc1. The smallest absolute Gasteiger partial charge is 0.333 e. The molecule has 0 N–H and O–H groups in total. The van der Waals surface area contributed by atoms with E-state index < -0.39 is 0 Å². The molecule has 70 heavy (non-hydrogen) atoms. The van der Waals surface area contributed by atoms with E-state index in [0.29, 0.717) is 0 Å². The topological polar surface area (TPSA) is 20.6 Å². The second-order valence-corrected chi connectivity index (χ2v) is 22.9. The molecular formula is C65H54BN3O. The van der Waals surface area contributed by atoms with Gasteiger partial charge in [0.2, 0.25) is 0 Å². The summed E-state index contributed by atoms with van der Waals surface area (Å²) in [5, 5.41) is 4.96. The molecular weight excluding hydrogens is 850 g/mol. The minimum atomic E-state index is -0.211. The van der Waals surface area contributed by atoms with Gasteiger partial charge in [-0.25, -0.2) is 0 Å². The Morgan fingerprint density at radius 2 is 1.10 bits per heavy atom. The minimum absolute atomic E-state index is 0.0923. The predicted octanol–water partition coefficient (Wildman–Crippen LogP) is 16.0. The highest BCUT2D eigenvalue weighted by atomic mass is 16.5. The molecule has 0 saturated carbocycles. The number of aromatic nitrogens is 1.